The van der Waals surface area contributed by atoms with Gasteiger partial charge in [0.2, 0.25) is 5.82 Å². The third-order valence-corrected chi connectivity index (χ3v) is 4.59. The first-order chi connectivity index (χ1) is 14.2. The van der Waals surface area contributed by atoms with Gasteiger partial charge in [-0.3, -0.25) is 4.98 Å². The number of benzene rings is 1. The lowest BCUT2D eigenvalue weighted by molar-refractivity contribution is 0.187. The SMILES string of the molecule is CCCNC(=O)N1CCC(Oc2ccccc2-c2nc(-c3cnccn3)no2)C1. The van der Waals surface area contributed by atoms with Crippen molar-refractivity contribution < 1.29 is 14.1 Å². The number of rotatable bonds is 6. The fraction of sp³-hybridized carbons (Fsp3) is 0.350. The lowest BCUT2D eigenvalue weighted by Gasteiger charge is -2.18. The van der Waals surface area contributed by atoms with Crippen LogP contribution in [0.25, 0.3) is 23.0 Å². The number of para-hydroxylation sites is 1. The normalized spacial score (nSPS) is 16.0. The summed E-state index contributed by atoms with van der Waals surface area (Å²) in [5.74, 6) is 1.35. The van der Waals surface area contributed by atoms with E-state index in [4.69, 9.17) is 9.26 Å². The van der Waals surface area contributed by atoms with Crippen LogP contribution in [0.4, 0.5) is 4.79 Å². The van der Waals surface area contributed by atoms with Gasteiger partial charge < -0.3 is 19.5 Å². The molecular weight excluding hydrogens is 372 g/mol. The average molecular weight is 394 g/mol. The number of urea groups is 1. The van der Waals surface area contributed by atoms with Crippen LogP contribution >= 0.6 is 0 Å². The van der Waals surface area contributed by atoms with Gasteiger partial charge >= 0.3 is 6.03 Å². The highest BCUT2D eigenvalue weighted by Crippen LogP contribution is 2.31. The number of likely N-dealkylation sites (tertiary alicyclic amines) is 1. The molecule has 0 aliphatic carbocycles. The Morgan fingerprint density at radius 1 is 1.34 bits per heavy atom. The Labute approximate surface area is 168 Å². The van der Waals surface area contributed by atoms with Gasteiger partial charge in [0.25, 0.3) is 5.89 Å². The molecule has 1 aliphatic rings. The summed E-state index contributed by atoms with van der Waals surface area (Å²) in [6.07, 6.45) is 6.32. The number of hydrogen-bond donors (Lipinski definition) is 1. The molecule has 1 N–H and O–H groups in total. The maximum absolute atomic E-state index is 12.1. The molecule has 2 amide bonds. The van der Waals surface area contributed by atoms with E-state index >= 15 is 0 Å². The van der Waals surface area contributed by atoms with E-state index in [-0.39, 0.29) is 12.1 Å². The van der Waals surface area contributed by atoms with Gasteiger partial charge in [-0.2, -0.15) is 4.98 Å². The van der Waals surface area contributed by atoms with Crippen LogP contribution in [0.3, 0.4) is 0 Å². The molecule has 1 atom stereocenters. The van der Waals surface area contributed by atoms with Crippen molar-refractivity contribution in [3.8, 4) is 28.7 Å². The van der Waals surface area contributed by atoms with Gasteiger partial charge in [0, 0.05) is 31.9 Å². The van der Waals surface area contributed by atoms with E-state index in [2.05, 4.69) is 25.4 Å². The van der Waals surface area contributed by atoms with Crippen LogP contribution in [-0.2, 0) is 0 Å². The molecule has 3 aromatic rings. The Bertz CT molecular complexity index is 962. The molecular formula is C20H22N6O3. The first kappa shape index (κ1) is 18.9. The van der Waals surface area contributed by atoms with Crippen LogP contribution in [0.15, 0.2) is 47.4 Å². The van der Waals surface area contributed by atoms with Gasteiger partial charge in [0.15, 0.2) is 0 Å². The van der Waals surface area contributed by atoms with Crippen LogP contribution in [0.1, 0.15) is 19.8 Å². The van der Waals surface area contributed by atoms with Crippen LogP contribution in [0, 0.1) is 0 Å². The van der Waals surface area contributed by atoms with Crippen molar-refractivity contribution in [2.45, 2.75) is 25.9 Å². The molecule has 4 rings (SSSR count). The molecule has 0 bridgehead atoms. The number of nitrogens with zero attached hydrogens (tertiary/aromatic N) is 5. The molecule has 1 aliphatic heterocycles. The van der Waals surface area contributed by atoms with Crippen molar-refractivity contribution in [2.24, 2.45) is 0 Å². The zero-order valence-corrected chi connectivity index (χ0v) is 16.1. The average Bonchev–Trinajstić information content (AvgIpc) is 3.43. The second-order valence-corrected chi connectivity index (χ2v) is 6.72. The summed E-state index contributed by atoms with van der Waals surface area (Å²) in [5.41, 5.74) is 1.23. The minimum Gasteiger partial charge on any atom is -0.488 e. The molecule has 0 radical (unpaired) electrons. The van der Waals surface area contributed by atoms with E-state index in [1.54, 1.807) is 23.5 Å². The molecule has 9 nitrogen and oxygen atoms in total. The summed E-state index contributed by atoms with van der Waals surface area (Å²) >= 11 is 0. The molecule has 29 heavy (non-hydrogen) atoms. The molecule has 9 heteroatoms. The largest absolute Gasteiger partial charge is 0.488 e. The highest BCUT2D eigenvalue weighted by Gasteiger charge is 2.28. The van der Waals surface area contributed by atoms with Crippen molar-refractivity contribution >= 4 is 6.03 Å². The Kier molecular flexibility index (Phi) is 5.64. The van der Waals surface area contributed by atoms with Crippen LogP contribution < -0.4 is 10.1 Å². The van der Waals surface area contributed by atoms with Gasteiger partial charge in [0.1, 0.15) is 17.5 Å². The van der Waals surface area contributed by atoms with Crippen LogP contribution in [0.2, 0.25) is 0 Å². The number of nitrogens with one attached hydrogen (secondary N) is 1. The van der Waals surface area contributed by atoms with Crippen molar-refractivity contribution in [3.63, 3.8) is 0 Å². The molecule has 1 saturated heterocycles. The molecule has 3 heterocycles. The van der Waals surface area contributed by atoms with Crippen LogP contribution in [0.5, 0.6) is 5.75 Å². The predicted molar refractivity (Wildman–Crippen MR) is 105 cm³/mol. The molecule has 1 fully saturated rings. The van der Waals surface area contributed by atoms with E-state index in [9.17, 15) is 4.79 Å². The Hall–Kier alpha value is -3.49. The second kappa shape index (κ2) is 8.68. The van der Waals surface area contributed by atoms with Gasteiger partial charge in [-0.25, -0.2) is 9.78 Å². The fourth-order valence-electron chi connectivity index (χ4n) is 3.13. The summed E-state index contributed by atoms with van der Waals surface area (Å²) in [4.78, 5) is 26.6. The molecule has 1 aromatic carbocycles. The predicted octanol–water partition coefficient (Wildman–Crippen LogP) is 2.77. The minimum atomic E-state index is -0.0918. The van der Waals surface area contributed by atoms with Crippen LogP contribution in [-0.4, -0.2) is 56.8 Å². The molecule has 1 unspecified atom stereocenters. The number of carbonyl (C=O) groups excluding carboxylic acids is 1. The number of carbonyl (C=O) groups is 1. The van der Waals surface area contributed by atoms with Crippen molar-refractivity contribution in [1.29, 1.82) is 0 Å². The Morgan fingerprint density at radius 3 is 3.07 bits per heavy atom. The minimum absolute atomic E-state index is 0.0447. The maximum Gasteiger partial charge on any atom is 0.317 e. The standard InChI is InChI=1S/C20H22N6O3/c1-2-8-23-20(27)26-11-7-14(13-26)28-17-6-4-3-5-15(17)19-24-18(25-29-19)16-12-21-9-10-22-16/h3-6,9-10,12,14H,2,7-8,11,13H2,1H3,(H,23,27). The summed E-state index contributed by atoms with van der Waals surface area (Å²) in [6, 6.07) is 7.45. The highest BCUT2D eigenvalue weighted by atomic mass is 16.5. The quantitative estimate of drug-likeness (QED) is 0.685. The lowest BCUT2D eigenvalue weighted by Crippen LogP contribution is -2.39. The summed E-state index contributed by atoms with van der Waals surface area (Å²) in [6.45, 7) is 3.91. The first-order valence-corrected chi connectivity index (χ1v) is 9.63. The zero-order valence-electron chi connectivity index (χ0n) is 16.1. The van der Waals surface area contributed by atoms with E-state index in [0.29, 0.717) is 48.4 Å². The zero-order chi connectivity index (χ0) is 20.1. The fourth-order valence-corrected chi connectivity index (χ4v) is 3.13. The number of amides is 2. The number of aromatic nitrogens is 4. The van der Waals surface area contributed by atoms with E-state index in [1.165, 1.54) is 0 Å². The second-order valence-electron chi connectivity index (χ2n) is 6.72. The topological polar surface area (TPSA) is 106 Å². The molecule has 150 valence electrons. The monoisotopic (exact) mass is 394 g/mol. The Morgan fingerprint density at radius 2 is 2.24 bits per heavy atom. The summed E-state index contributed by atoms with van der Waals surface area (Å²) in [5, 5.41) is 6.90. The van der Waals surface area contributed by atoms with Crippen molar-refractivity contribution in [1.82, 2.24) is 30.3 Å². The molecule has 0 saturated carbocycles. The van der Waals surface area contributed by atoms with E-state index in [1.807, 2.05) is 31.2 Å². The van der Waals surface area contributed by atoms with Crippen molar-refractivity contribution in [2.75, 3.05) is 19.6 Å². The Balaban J connectivity index is 1.47. The third-order valence-electron chi connectivity index (χ3n) is 4.59. The molecule has 0 spiro atoms. The van der Waals surface area contributed by atoms with Gasteiger partial charge in [-0.1, -0.05) is 24.2 Å². The lowest BCUT2D eigenvalue weighted by atomic mass is 10.2. The summed E-state index contributed by atoms with van der Waals surface area (Å²) < 4.78 is 11.6. The first-order valence-electron chi connectivity index (χ1n) is 9.63. The highest BCUT2D eigenvalue weighted by molar-refractivity contribution is 5.74. The number of hydrogen-bond acceptors (Lipinski definition) is 7. The smallest absolute Gasteiger partial charge is 0.317 e. The molecule has 2 aromatic heterocycles. The van der Waals surface area contributed by atoms with Crippen molar-refractivity contribution in [3.05, 3.63) is 42.9 Å². The van der Waals surface area contributed by atoms with Gasteiger partial charge in [0.05, 0.1) is 18.3 Å². The van der Waals surface area contributed by atoms with Gasteiger partial charge in [-0.05, 0) is 18.6 Å². The maximum atomic E-state index is 12.1. The van der Waals surface area contributed by atoms with E-state index in [0.717, 1.165) is 12.8 Å². The summed E-state index contributed by atoms with van der Waals surface area (Å²) in [7, 11) is 0. The number of ether oxygens (including phenoxy) is 1. The van der Waals surface area contributed by atoms with E-state index < -0.39 is 0 Å². The van der Waals surface area contributed by atoms with Gasteiger partial charge in [-0.15, -0.1) is 0 Å². The third kappa shape index (κ3) is 4.34.